The van der Waals surface area contributed by atoms with Gasteiger partial charge in [-0.1, -0.05) is 29.8 Å². The number of aliphatic carboxylic acids is 1. The van der Waals surface area contributed by atoms with Crippen molar-refractivity contribution in [3.63, 3.8) is 0 Å². The summed E-state index contributed by atoms with van der Waals surface area (Å²) >= 11 is 6.17. The normalized spacial score (nSPS) is 11.6. The van der Waals surface area contributed by atoms with Crippen LogP contribution in [0.4, 0.5) is 4.39 Å². The van der Waals surface area contributed by atoms with Gasteiger partial charge >= 0.3 is 5.97 Å². The van der Waals surface area contributed by atoms with E-state index in [1.807, 2.05) is 0 Å². The van der Waals surface area contributed by atoms with Gasteiger partial charge in [-0.05, 0) is 29.8 Å². The van der Waals surface area contributed by atoms with Crippen LogP contribution < -0.4 is 10.1 Å². The number of hydrogen-bond donors (Lipinski definition) is 2. The number of methoxy groups -OCH3 is 1. The number of nitrogens with one attached hydrogen (secondary N) is 1. The Morgan fingerprint density at radius 1 is 1.23 bits per heavy atom. The first-order chi connectivity index (χ1) is 14.4. The predicted octanol–water partition coefficient (Wildman–Crippen LogP) is 3.89. The molecule has 0 unspecified atom stereocenters. The number of carbonyl (C=O) groups excluding carboxylic acids is 1. The van der Waals surface area contributed by atoms with Crippen molar-refractivity contribution in [3.8, 4) is 17.0 Å². The van der Waals surface area contributed by atoms with Crippen LogP contribution in [0.25, 0.3) is 11.3 Å². The molecule has 3 rings (SSSR count). The molecule has 1 amide bonds. The van der Waals surface area contributed by atoms with Gasteiger partial charge in [0.25, 0.3) is 5.91 Å². The van der Waals surface area contributed by atoms with Gasteiger partial charge in [-0.25, -0.2) is 9.37 Å². The molecule has 0 bridgehead atoms. The number of ether oxygens (including phenoxy) is 1. The summed E-state index contributed by atoms with van der Waals surface area (Å²) in [5, 5.41) is 12.2. The summed E-state index contributed by atoms with van der Waals surface area (Å²) in [6.07, 6.45) is 2.05. The number of rotatable bonds is 7. The topological polar surface area (TPSA) is 101 Å². The molecule has 9 heteroatoms. The van der Waals surface area contributed by atoms with Crippen molar-refractivity contribution in [2.24, 2.45) is 0 Å². The minimum Gasteiger partial charge on any atom is -0.494 e. The number of halogens is 2. The van der Waals surface area contributed by atoms with Gasteiger partial charge in [0, 0.05) is 16.8 Å². The molecule has 7 nitrogen and oxygen atoms in total. The lowest BCUT2D eigenvalue weighted by Crippen LogP contribution is -2.31. The number of pyridine rings is 2. The van der Waals surface area contributed by atoms with Crippen molar-refractivity contribution in [3.05, 3.63) is 77.0 Å². The molecule has 0 radical (unpaired) electrons. The standard InChI is InChI=1S/C21H17ClFN3O4/c1-30-18-7-6-16(25-20(18)13-8-9-24-11-15(13)23)21(29)26-17(10-19(27)28)12-4-2-3-5-14(12)22/h2-9,11,17H,10H2,1H3,(H,26,29)(H,27,28)/t17-/m0/s1. The second-order valence-corrected chi connectivity index (χ2v) is 6.66. The van der Waals surface area contributed by atoms with Crippen LogP contribution in [0.15, 0.2) is 54.9 Å². The molecule has 30 heavy (non-hydrogen) atoms. The fraction of sp³-hybridized carbons (Fsp3) is 0.143. The van der Waals surface area contributed by atoms with E-state index in [1.165, 1.54) is 31.5 Å². The molecule has 0 aliphatic heterocycles. The van der Waals surface area contributed by atoms with Crippen LogP contribution in [0, 0.1) is 5.82 Å². The van der Waals surface area contributed by atoms with E-state index in [2.05, 4.69) is 15.3 Å². The van der Waals surface area contributed by atoms with E-state index in [-0.39, 0.29) is 29.1 Å². The van der Waals surface area contributed by atoms with Crippen LogP contribution >= 0.6 is 11.6 Å². The van der Waals surface area contributed by atoms with E-state index < -0.39 is 23.7 Å². The lowest BCUT2D eigenvalue weighted by atomic mass is 10.0. The Kier molecular flexibility index (Phi) is 6.58. The minimum atomic E-state index is -1.11. The van der Waals surface area contributed by atoms with Gasteiger partial charge in [0.15, 0.2) is 5.82 Å². The third-order valence-corrected chi connectivity index (χ3v) is 4.65. The molecule has 1 atom stereocenters. The smallest absolute Gasteiger partial charge is 0.305 e. The summed E-state index contributed by atoms with van der Waals surface area (Å²) in [7, 11) is 1.40. The number of nitrogens with zero attached hydrogens (tertiary/aromatic N) is 2. The van der Waals surface area contributed by atoms with Gasteiger partial charge in [-0.3, -0.25) is 14.6 Å². The molecule has 0 aliphatic carbocycles. The summed E-state index contributed by atoms with van der Waals surface area (Å²) in [5.74, 6) is -2.10. The maximum atomic E-state index is 14.2. The third kappa shape index (κ3) is 4.72. The van der Waals surface area contributed by atoms with Crippen LogP contribution in [-0.4, -0.2) is 34.1 Å². The first kappa shape index (κ1) is 21.2. The number of aromatic nitrogens is 2. The molecule has 0 aliphatic rings. The van der Waals surface area contributed by atoms with Crippen LogP contribution in [0.2, 0.25) is 5.02 Å². The molecule has 0 spiro atoms. The van der Waals surface area contributed by atoms with E-state index in [1.54, 1.807) is 24.3 Å². The third-order valence-electron chi connectivity index (χ3n) is 4.30. The lowest BCUT2D eigenvalue weighted by Gasteiger charge is -2.19. The van der Waals surface area contributed by atoms with Gasteiger partial charge in [0.2, 0.25) is 0 Å². The maximum absolute atomic E-state index is 14.2. The number of carbonyl (C=O) groups is 2. The molecular formula is C21H17ClFN3O4. The van der Waals surface area contributed by atoms with Crippen molar-refractivity contribution in [1.82, 2.24) is 15.3 Å². The highest BCUT2D eigenvalue weighted by atomic mass is 35.5. The average molecular weight is 430 g/mol. The van der Waals surface area contributed by atoms with E-state index in [4.69, 9.17) is 16.3 Å². The van der Waals surface area contributed by atoms with Crippen molar-refractivity contribution >= 4 is 23.5 Å². The number of hydrogen-bond acceptors (Lipinski definition) is 5. The first-order valence-corrected chi connectivity index (χ1v) is 9.20. The monoisotopic (exact) mass is 429 g/mol. The SMILES string of the molecule is COc1ccc(C(=O)N[C@@H](CC(=O)O)c2ccccc2Cl)nc1-c1ccncc1F. The van der Waals surface area contributed by atoms with E-state index in [0.29, 0.717) is 10.6 Å². The number of carboxylic acids is 1. The quantitative estimate of drug-likeness (QED) is 0.590. The Morgan fingerprint density at radius 2 is 2.00 bits per heavy atom. The summed E-state index contributed by atoms with van der Waals surface area (Å²) in [6.45, 7) is 0. The molecule has 0 saturated heterocycles. The molecule has 2 heterocycles. The number of amides is 1. The van der Waals surface area contributed by atoms with Gasteiger partial charge in [0.05, 0.1) is 25.8 Å². The fourth-order valence-electron chi connectivity index (χ4n) is 2.90. The van der Waals surface area contributed by atoms with Crippen LogP contribution in [-0.2, 0) is 4.79 Å². The van der Waals surface area contributed by atoms with E-state index >= 15 is 0 Å². The largest absolute Gasteiger partial charge is 0.494 e. The fourth-order valence-corrected chi connectivity index (χ4v) is 3.17. The van der Waals surface area contributed by atoms with Gasteiger partial charge in [-0.2, -0.15) is 0 Å². The highest BCUT2D eigenvalue weighted by molar-refractivity contribution is 6.31. The summed E-state index contributed by atoms with van der Waals surface area (Å²) in [4.78, 5) is 32.1. The summed E-state index contributed by atoms with van der Waals surface area (Å²) in [5.41, 5.74) is 0.663. The predicted molar refractivity (Wildman–Crippen MR) is 108 cm³/mol. The van der Waals surface area contributed by atoms with Gasteiger partial charge in [0.1, 0.15) is 17.1 Å². The Bertz CT molecular complexity index is 1090. The van der Waals surface area contributed by atoms with Crippen molar-refractivity contribution < 1.29 is 23.8 Å². The molecule has 2 N–H and O–H groups in total. The van der Waals surface area contributed by atoms with Gasteiger partial charge in [-0.15, -0.1) is 0 Å². The first-order valence-electron chi connectivity index (χ1n) is 8.82. The highest BCUT2D eigenvalue weighted by Gasteiger charge is 2.23. The Morgan fingerprint density at radius 3 is 2.67 bits per heavy atom. The zero-order valence-corrected chi connectivity index (χ0v) is 16.6. The zero-order valence-electron chi connectivity index (χ0n) is 15.8. The summed E-state index contributed by atoms with van der Waals surface area (Å²) < 4.78 is 19.4. The summed E-state index contributed by atoms with van der Waals surface area (Å²) in [6, 6.07) is 10.1. The Balaban J connectivity index is 1.96. The van der Waals surface area contributed by atoms with Crippen LogP contribution in [0.1, 0.15) is 28.5 Å². The molecule has 2 aromatic heterocycles. The molecule has 0 fully saturated rings. The molecule has 0 saturated carbocycles. The van der Waals surface area contributed by atoms with Crippen molar-refractivity contribution in [1.29, 1.82) is 0 Å². The average Bonchev–Trinajstić information content (AvgIpc) is 2.73. The second kappa shape index (κ2) is 9.32. The Hall–Kier alpha value is -3.52. The van der Waals surface area contributed by atoms with Crippen molar-refractivity contribution in [2.75, 3.05) is 7.11 Å². The second-order valence-electron chi connectivity index (χ2n) is 6.25. The van der Waals surface area contributed by atoms with Gasteiger partial charge < -0.3 is 15.2 Å². The van der Waals surface area contributed by atoms with E-state index in [0.717, 1.165) is 6.20 Å². The van der Waals surface area contributed by atoms with Crippen LogP contribution in [0.3, 0.4) is 0 Å². The molecule has 1 aromatic carbocycles. The van der Waals surface area contributed by atoms with Crippen LogP contribution in [0.5, 0.6) is 5.75 Å². The lowest BCUT2D eigenvalue weighted by molar-refractivity contribution is -0.137. The molecule has 3 aromatic rings. The Labute approximate surface area is 176 Å². The molecule has 154 valence electrons. The maximum Gasteiger partial charge on any atom is 0.305 e. The van der Waals surface area contributed by atoms with Crippen molar-refractivity contribution in [2.45, 2.75) is 12.5 Å². The zero-order chi connectivity index (χ0) is 21.7. The number of benzene rings is 1. The van der Waals surface area contributed by atoms with E-state index in [9.17, 15) is 19.1 Å². The minimum absolute atomic E-state index is 0.0375. The number of carboxylic acid groups (broad SMARTS) is 1. The highest BCUT2D eigenvalue weighted by Crippen LogP contribution is 2.30. The molecular weight excluding hydrogens is 413 g/mol.